The Morgan fingerprint density at radius 2 is 1.81 bits per heavy atom. The van der Waals surface area contributed by atoms with Crippen molar-refractivity contribution in [2.75, 3.05) is 19.0 Å². The van der Waals surface area contributed by atoms with Crippen LogP contribution in [-0.2, 0) is 25.5 Å². The van der Waals surface area contributed by atoms with E-state index in [9.17, 15) is 14.4 Å². The van der Waals surface area contributed by atoms with E-state index in [4.69, 9.17) is 4.74 Å². The number of methoxy groups -OCH3 is 1. The molecule has 6 nitrogen and oxygen atoms in total. The van der Waals surface area contributed by atoms with Crippen LogP contribution in [0.3, 0.4) is 0 Å². The quantitative estimate of drug-likeness (QED) is 0.600. The number of ether oxygens (including phenoxy) is 2. The van der Waals surface area contributed by atoms with Crippen LogP contribution >= 0.6 is 0 Å². The summed E-state index contributed by atoms with van der Waals surface area (Å²) in [6.07, 6.45) is 3.62. The van der Waals surface area contributed by atoms with E-state index in [-0.39, 0.29) is 6.61 Å². The van der Waals surface area contributed by atoms with Gasteiger partial charge >= 0.3 is 11.9 Å². The molecule has 0 spiro atoms. The van der Waals surface area contributed by atoms with Crippen LogP contribution in [0.1, 0.15) is 28.4 Å². The second kappa shape index (κ2) is 9.91. The summed E-state index contributed by atoms with van der Waals surface area (Å²) in [5.41, 5.74) is 2.89. The van der Waals surface area contributed by atoms with E-state index < -0.39 is 17.8 Å². The molecule has 0 saturated heterocycles. The molecule has 0 aliphatic carbocycles. The third kappa shape index (κ3) is 6.43. The van der Waals surface area contributed by atoms with Gasteiger partial charge < -0.3 is 14.8 Å². The van der Waals surface area contributed by atoms with Crippen LogP contribution < -0.4 is 5.32 Å². The molecule has 0 unspecified atom stereocenters. The molecule has 0 bridgehead atoms. The summed E-state index contributed by atoms with van der Waals surface area (Å²) in [6, 6.07) is 14.0. The van der Waals surface area contributed by atoms with Crippen molar-refractivity contribution in [2.45, 2.75) is 13.3 Å². The minimum atomic E-state index is -0.635. The van der Waals surface area contributed by atoms with E-state index in [1.165, 1.54) is 19.3 Å². The molecule has 0 aliphatic rings. The van der Waals surface area contributed by atoms with Gasteiger partial charge in [0.15, 0.2) is 6.61 Å². The van der Waals surface area contributed by atoms with Crippen LogP contribution in [0.2, 0.25) is 0 Å². The standard InChI is InChI=1S/C21H21NO5/c1-3-15-5-4-6-18(13-15)22-19(23)14-27-20(24)12-9-16-7-10-17(11-8-16)21(25)26-2/h4-13H,3,14H2,1-2H3,(H,22,23)/b12-9+. The molecule has 0 radical (unpaired) electrons. The number of aryl methyl sites for hydroxylation is 1. The summed E-state index contributed by atoms with van der Waals surface area (Å²) in [5.74, 6) is -1.47. The van der Waals surface area contributed by atoms with E-state index >= 15 is 0 Å². The largest absolute Gasteiger partial charge is 0.465 e. The highest BCUT2D eigenvalue weighted by atomic mass is 16.5. The Hall–Kier alpha value is -3.41. The highest BCUT2D eigenvalue weighted by molar-refractivity contribution is 5.94. The number of carbonyl (C=O) groups excluding carboxylic acids is 3. The van der Waals surface area contributed by atoms with Crippen molar-refractivity contribution in [3.8, 4) is 0 Å². The van der Waals surface area contributed by atoms with Gasteiger partial charge in [-0.1, -0.05) is 31.2 Å². The average molecular weight is 367 g/mol. The van der Waals surface area contributed by atoms with Gasteiger partial charge in [-0.15, -0.1) is 0 Å². The molecule has 0 heterocycles. The summed E-state index contributed by atoms with van der Waals surface area (Å²) >= 11 is 0. The Morgan fingerprint density at radius 3 is 2.48 bits per heavy atom. The summed E-state index contributed by atoms with van der Waals surface area (Å²) in [4.78, 5) is 35.0. The zero-order valence-electron chi connectivity index (χ0n) is 15.2. The molecule has 6 heteroatoms. The molecule has 1 N–H and O–H groups in total. The van der Waals surface area contributed by atoms with Crippen molar-refractivity contribution in [3.63, 3.8) is 0 Å². The molecule has 0 fully saturated rings. The lowest BCUT2D eigenvalue weighted by Gasteiger charge is -2.06. The van der Waals surface area contributed by atoms with Crippen LogP contribution in [-0.4, -0.2) is 31.6 Å². The minimum Gasteiger partial charge on any atom is -0.465 e. The van der Waals surface area contributed by atoms with Crippen molar-refractivity contribution < 1.29 is 23.9 Å². The van der Waals surface area contributed by atoms with Gasteiger partial charge in [0.25, 0.3) is 5.91 Å². The van der Waals surface area contributed by atoms with Gasteiger partial charge in [-0.3, -0.25) is 4.79 Å². The minimum absolute atomic E-state index is 0.374. The van der Waals surface area contributed by atoms with Gasteiger partial charge in [-0.2, -0.15) is 0 Å². The molecule has 1 amide bonds. The fourth-order valence-electron chi connectivity index (χ4n) is 2.26. The van der Waals surface area contributed by atoms with Crippen LogP contribution in [0.15, 0.2) is 54.6 Å². The van der Waals surface area contributed by atoms with Gasteiger partial charge in [-0.05, 0) is 47.9 Å². The predicted octanol–water partition coefficient (Wildman–Crippen LogP) is 3.23. The Labute approximate surface area is 157 Å². The highest BCUT2D eigenvalue weighted by Gasteiger charge is 2.07. The second-order valence-electron chi connectivity index (χ2n) is 5.66. The number of hydrogen-bond acceptors (Lipinski definition) is 5. The second-order valence-corrected chi connectivity index (χ2v) is 5.66. The highest BCUT2D eigenvalue weighted by Crippen LogP contribution is 2.11. The Bertz CT molecular complexity index is 840. The Balaban J connectivity index is 1.81. The topological polar surface area (TPSA) is 81.7 Å². The number of benzene rings is 2. The van der Waals surface area contributed by atoms with Gasteiger partial charge in [-0.25, -0.2) is 9.59 Å². The maximum absolute atomic E-state index is 11.9. The monoisotopic (exact) mass is 367 g/mol. The lowest BCUT2D eigenvalue weighted by atomic mass is 10.1. The molecular weight excluding hydrogens is 346 g/mol. The molecule has 2 rings (SSSR count). The van der Waals surface area contributed by atoms with E-state index in [1.54, 1.807) is 30.3 Å². The van der Waals surface area contributed by atoms with Crippen molar-refractivity contribution in [2.24, 2.45) is 0 Å². The van der Waals surface area contributed by atoms with Gasteiger partial charge in [0, 0.05) is 11.8 Å². The average Bonchev–Trinajstić information content (AvgIpc) is 2.70. The van der Waals surface area contributed by atoms with Crippen molar-refractivity contribution in [3.05, 3.63) is 71.3 Å². The van der Waals surface area contributed by atoms with Crippen LogP contribution in [0.25, 0.3) is 6.08 Å². The summed E-state index contributed by atoms with van der Waals surface area (Å²) < 4.78 is 9.54. The van der Waals surface area contributed by atoms with E-state index in [1.807, 2.05) is 25.1 Å². The summed E-state index contributed by atoms with van der Waals surface area (Å²) in [5, 5.41) is 2.68. The molecule has 2 aromatic rings. The fourth-order valence-corrected chi connectivity index (χ4v) is 2.26. The Morgan fingerprint density at radius 1 is 1.07 bits per heavy atom. The number of amides is 1. The fraction of sp³-hybridized carbons (Fsp3) is 0.190. The first kappa shape index (κ1) is 19.9. The van der Waals surface area contributed by atoms with Gasteiger partial charge in [0.1, 0.15) is 0 Å². The van der Waals surface area contributed by atoms with Crippen molar-refractivity contribution in [1.29, 1.82) is 0 Å². The van der Waals surface area contributed by atoms with E-state index in [0.717, 1.165) is 12.0 Å². The van der Waals surface area contributed by atoms with E-state index in [0.29, 0.717) is 16.8 Å². The first-order valence-electron chi connectivity index (χ1n) is 8.44. The lowest BCUT2D eigenvalue weighted by molar-refractivity contribution is -0.142. The zero-order chi connectivity index (χ0) is 19.6. The SMILES string of the molecule is CCc1cccc(NC(=O)COC(=O)/C=C/c2ccc(C(=O)OC)cc2)c1. The molecule has 27 heavy (non-hydrogen) atoms. The molecule has 140 valence electrons. The number of rotatable bonds is 7. The van der Waals surface area contributed by atoms with Crippen molar-refractivity contribution >= 4 is 29.6 Å². The van der Waals surface area contributed by atoms with Gasteiger partial charge in [0.05, 0.1) is 12.7 Å². The van der Waals surface area contributed by atoms with Crippen LogP contribution in [0, 0.1) is 0 Å². The third-order valence-corrected chi connectivity index (χ3v) is 3.71. The maximum Gasteiger partial charge on any atom is 0.337 e. The Kier molecular flexibility index (Phi) is 7.31. The first-order valence-corrected chi connectivity index (χ1v) is 8.44. The molecule has 0 aliphatic heterocycles. The van der Waals surface area contributed by atoms with Crippen LogP contribution in [0.5, 0.6) is 0 Å². The normalized spacial score (nSPS) is 10.4. The summed E-state index contributed by atoms with van der Waals surface area (Å²) in [7, 11) is 1.31. The zero-order valence-corrected chi connectivity index (χ0v) is 15.2. The molecule has 2 aromatic carbocycles. The predicted molar refractivity (Wildman–Crippen MR) is 102 cm³/mol. The van der Waals surface area contributed by atoms with Gasteiger partial charge in [0.2, 0.25) is 0 Å². The number of hydrogen-bond donors (Lipinski definition) is 1. The lowest BCUT2D eigenvalue weighted by Crippen LogP contribution is -2.20. The van der Waals surface area contributed by atoms with Crippen molar-refractivity contribution in [1.82, 2.24) is 0 Å². The molecule has 0 atom stereocenters. The molecule has 0 aromatic heterocycles. The first-order chi connectivity index (χ1) is 13.0. The van der Waals surface area contributed by atoms with E-state index in [2.05, 4.69) is 10.1 Å². The number of esters is 2. The smallest absolute Gasteiger partial charge is 0.337 e. The number of anilines is 1. The third-order valence-electron chi connectivity index (χ3n) is 3.71. The summed E-state index contributed by atoms with van der Waals surface area (Å²) in [6.45, 7) is 1.65. The molecular formula is C21H21NO5. The number of carbonyl (C=O) groups is 3. The van der Waals surface area contributed by atoms with Crippen LogP contribution in [0.4, 0.5) is 5.69 Å². The maximum atomic E-state index is 11.9. The number of nitrogens with one attached hydrogen (secondary N) is 1. The molecule has 0 saturated carbocycles.